The lowest BCUT2D eigenvalue weighted by Crippen LogP contribution is -2.40. The molecule has 1 heterocycles. The minimum atomic E-state index is 0.231. The van der Waals surface area contributed by atoms with Crippen LogP contribution in [0.2, 0.25) is 0 Å². The summed E-state index contributed by atoms with van der Waals surface area (Å²) in [4.78, 5) is 14.6. The van der Waals surface area contributed by atoms with Gasteiger partial charge in [-0.3, -0.25) is 4.79 Å². The number of hydrogen-bond donors (Lipinski definition) is 0. The van der Waals surface area contributed by atoms with Crippen LogP contribution < -0.4 is 0 Å². The lowest BCUT2D eigenvalue weighted by atomic mass is 9.97. The minimum Gasteiger partial charge on any atom is -0.382 e. The van der Waals surface area contributed by atoms with Crippen molar-refractivity contribution in [3.05, 3.63) is 48.0 Å². The number of fused-ring (bicyclic) bond motifs is 1. The molecule has 1 fully saturated rings. The van der Waals surface area contributed by atoms with Crippen molar-refractivity contribution >= 4 is 16.7 Å². The Hall–Kier alpha value is -1.91. The molecule has 4 nitrogen and oxygen atoms in total. The topological polar surface area (TPSA) is 38.8 Å². The maximum atomic E-state index is 12.6. The lowest BCUT2D eigenvalue weighted by Gasteiger charge is -2.32. The highest BCUT2D eigenvalue weighted by Crippen LogP contribution is 2.20. The monoisotopic (exact) mass is 341 g/mol. The fourth-order valence-electron chi connectivity index (χ4n) is 3.38. The Morgan fingerprint density at radius 3 is 2.60 bits per heavy atom. The number of likely N-dealkylation sites (tertiary alicyclic amines) is 1. The molecule has 0 radical (unpaired) electrons. The third kappa shape index (κ3) is 5.03. The molecule has 0 aliphatic carbocycles. The first-order valence-corrected chi connectivity index (χ1v) is 9.08. The Morgan fingerprint density at radius 2 is 1.84 bits per heavy atom. The summed E-state index contributed by atoms with van der Waals surface area (Å²) in [6, 6.07) is 14.6. The second kappa shape index (κ2) is 8.97. The van der Waals surface area contributed by atoms with Crippen LogP contribution in [0.1, 0.15) is 18.4 Å². The smallest absolute Gasteiger partial charge is 0.226 e. The van der Waals surface area contributed by atoms with Gasteiger partial charge in [0.25, 0.3) is 0 Å². The van der Waals surface area contributed by atoms with E-state index >= 15 is 0 Å². The van der Waals surface area contributed by atoms with Crippen LogP contribution in [0.15, 0.2) is 42.5 Å². The van der Waals surface area contributed by atoms with Gasteiger partial charge < -0.3 is 14.4 Å². The molecule has 2 aromatic rings. The molecule has 0 bridgehead atoms. The summed E-state index contributed by atoms with van der Waals surface area (Å²) in [5, 5.41) is 2.41. The molecule has 1 amide bonds. The van der Waals surface area contributed by atoms with E-state index in [0.29, 0.717) is 25.6 Å². The number of benzene rings is 2. The van der Waals surface area contributed by atoms with Crippen molar-refractivity contribution in [2.24, 2.45) is 5.92 Å². The highest BCUT2D eigenvalue weighted by Gasteiger charge is 2.22. The Morgan fingerprint density at radius 1 is 1.08 bits per heavy atom. The third-order valence-corrected chi connectivity index (χ3v) is 4.92. The number of hydrogen-bond acceptors (Lipinski definition) is 3. The minimum absolute atomic E-state index is 0.231. The normalized spacial score (nSPS) is 15.6. The van der Waals surface area contributed by atoms with Crippen molar-refractivity contribution in [1.82, 2.24) is 4.90 Å². The van der Waals surface area contributed by atoms with Crippen molar-refractivity contribution in [2.75, 3.05) is 40.0 Å². The number of carbonyl (C=O) groups excluding carboxylic acids is 1. The molecule has 2 aromatic carbocycles. The number of piperidine rings is 1. The molecule has 4 heteroatoms. The molecule has 25 heavy (non-hydrogen) atoms. The second-order valence-electron chi connectivity index (χ2n) is 6.75. The van der Waals surface area contributed by atoms with Gasteiger partial charge in [-0.05, 0) is 35.1 Å². The van der Waals surface area contributed by atoms with Crippen molar-refractivity contribution in [2.45, 2.75) is 19.3 Å². The van der Waals surface area contributed by atoms with Gasteiger partial charge in [-0.2, -0.15) is 0 Å². The first-order chi connectivity index (χ1) is 12.3. The van der Waals surface area contributed by atoms with Crippen LogP contribution in [0.3, 0.4) is 0 Å². The predicted molar refractivity (Wildman–Crippen MR) is 99.7 cm³/mol. The van der Waals surface area contributed by atoms with E-state index in [4.69, 9.17) is 9.47 Å². The van der Waals surface area contributed by atoms with Gasteiger partial charge in [-0.1, -0.05) is 42.5 Å². The predicted octanol–water partition coefficient (Wildman–Crippen LogP) is 3.28. The molecule has 0 atom stereocenters. The molecule has 0 N–H and O–H groups in total. The van der Waals surface area contributed by atoms with Crippen molar-refractivity contribution in [1.29, 1.82) is 0 Å². The number of nitrogens with zero attached hydrogens (tertiary/aromatic N) is 1. The zero-order chi connectivity index (χ0) is 17.5. The van der Waals surface area contributed by atoms with Gasteiger partial charge in [0.05, 0.1) is 19.6 Å². The first-order valence-electron chi connectivity index (χ1n) is 9.08. The molecule has 134 valence electrons. The summed E-state index contributed by atoms with van der Waals surface area (Å²) >= 11 is 0. The van der Waals surface area contributed by atoms with E-state index in [2.05, 4.69) is 30.3 Å². The summed E-state index contributed by atoms with van der Waals surface area (Å²) in [5.41, 5.74) is 1.09. The third-order valence-electron chi connectivity index (χ3n) is 4.92. The number of carbonyl (C=O) groups is 1. The number of amides is 1. The maximum Gasteiger partial charge on any atom is 0.226 e. The highest BCUT2D eigenvalue weighted by molar-refractivity contribution is 5.85. The van der Waals surface area contributed by atoms with Crippen LogP contribution in [0.25, 0.3) is 10.8 Å². The quantitative estimate of drug-likeness (QED) is 0.726. The Balaban J connectivity index is 1.47. The van der Waals surface area contributed by atoms with Crippen molar-refractivity contribution < 1.29 is 14.3 Å². The molecule has 0 spiro atoms. The van der Waals surface area contributed by atoms with Gasteiger partial charge in [0.15, 0.2) is 0 Å². The first kappa shape index (κ1) is 17.9. The van der Waals surface area contributed by atoms with Gasteiger partial charge in [0, 0.05) is 26.8 Å². The van der Waals surface area contributed by atoms with E-state index in [1.807, 2.05) is 17.0 Å². The van der Waals surface area contributed by atoms with Gasteiger partial charge >= 0.3 is 0 Å². The molecular formula is C21H27NO3. The molecule has 1 aliphatic rings. The average Bonchev–Trinajstić information content (AvgIpc) is 2.65. The molecule has 0 saturated carbocycles. The van der Waals surface area contributed by atoms with E-state index in [0.717, 1.165) is 38.1 Å². The van der Waals surface area contributed by atoms with Gasteiger partial charge in [0.1, 0.15) is 0 Å². The fraction of sp³-hybridized carbons (Fsp3) is 0.476. The summed E-state index contributed by atoms with van der Waals surface area (Å²) in [6.45, 7) is 3.74. The largest absolute Gasteiger partial charge is 0.382 e. The number of methoxy groups -OCH3 is 1. The molecule has 0 unspecified atom stereocenters. The van der Waals surface area contributed by atoms with Crippen LogP contribution in [0.5, 0.6) is 0 Å². The van der Waals surface area contributed by atoms with E-state index in [9.17, 15) is 4.79 Å². The SMILES string of the molecule is COCCOCC1CCN(C(=O)Cc2ccc3ccccc3c2)CC1. The summed E-state index contributed by atoms with van der Waals surface area (Å²) < 4.78 is 10.6. The Kier molecular flexibility index (Phi) is 6.42. The van der Waals surface area contributed by atoms with Gasteiger partial charge in [-0.25, -0.2) is 0 Å². The zero-order valence-electron chi connectivity index (χ0n) is 14.9. The van der Waals surface area contributed by atoms with Crippen LogP contribution in [0.4, 0.5) is 0 Å². The molecular weight excluding hydrogens is 314 g/mol. The van der Waals surface area contributed by atoms with Crippen molar-refractivity contribution in [3.8, 4) is 0 Å². The summed E-state index contributed by atoms with van der Waals surface area (Å²) in [6.07, 6.45) is 2.53. The second-order valence-corrected chi connectivity index (χ2v) is 6.75. The van der Waals surface area contributed by atoms with E-state index in [1.165, 1.54) is 10.8 Å². The van der Waals surface area contributed by atoms with E-state index < -0.39 is 0 Å². The van der Waals surface area contributed by atoms with Gasteiger partial charge in [-0.15, -0.1) is 0 Å². The zero-order valence-corrected chi connectivity index (χ0v) is 14.9. The van der Waals surface area contributed by atoms with Crippen LogP contribution in [-0.4, -0.2) is 50.8 Å². The Labute approximate surface area is 149 Å². The number of rotatable bonds is 7. The summed E-state index contributed by atoms with van der Waals surface area (Å²) in [5.74, 6) is 0.788. The summed E-state index contributed by atoms with van der Waals surface area (Å²) in [7, 11) is 1.68. The molecule has 0 aromatic heterocycles. The van der Waals surface area contributed by atoms with Crippen LogP contribution in [-0.2, 0) is 20.7 Å². The lowest BCUT2D eigenvalue weighted by molar-refractivity contribution is -0.132. The molecule has 1 saturated heterocycles. The van der Waals surface area contributed by atoms with E-state index in [-0.39, 0.29) is 5.91 Å². The van der Waals surface area contributed by atoms with Gasteiger partial charge in [0.2, 0.25) is 5.91 Å². The molecule has 1 aliphatic heterocycles. The van der Waals surface area contributed by atoms with Crippen LogP contribution in [0, 0.1) is 5.92 Å². The standard InChI is InChI=1S/C21H27NO3/c1-24-12-13-25-16-17-8-10-22(11-9-17)21(23)15-18-6-7-19-4-2-3-5-20(19)14-18/h2-7,14,17H,8-13,15-16H2,1H3. The Bertz CT molecular complexity index is 692. The maximum absolute atomic E-state index is 12.6. The fourth-order valence-corrected chi connectivity index (χ4v) is 3.38. The van der Waals surface area contributed by atoms with Crippen LogP contribution >= 0.6 is 0 Å². The average molecular weight is 341 g/mol. The van der Waals surface area contributed by atoms with Crippen molar-refractivity contribution in [3.63, 3.8) is 0 Å². The molecule has 3 rings (SSSR count). The highest BCUT2D eigenvalue weighted by atomic mass is 16.5. The number of ether oxygens (including phenoxy) is 2. The van der Waals surface area contributed by atoms with E-state index in [1.54, 1.807) is 7.11 Å².